The molecule has 0 saturated heterocycles. The second-order valence-corrected chi connectivity index (χ2v) is 7.35. The van der Waals surface area contributed by atoms with Gasteiger partial charge in [0.1, 0.15) is 0 Å². The molecule has 0 aromatic heterocycles. The Morgan fingerprint density at radius 1 is 0.667 bits per heavy atom. The number of hydrogen-bond donors (Lipinski definition) is 0. The highest BCUT2D eigenvalue weighted by Crippen LogP contribution is 2.13. The summed E-state index contributed by atoms with van der Waals surface area (Å²) in [4.78, 5) is 11.4. The molecule has 24 heavy (non-hydrogen) atoms. The van der Waals surface area contributed by atoms with Gasteiger partial charge in [-0.2, -0.15) is 0 Å². The van der Waals surface area contributed by atoms with E-state index in [-0.39, 0.29) is 5.97 Å². The van der Waals surface area contributed by atoms with Crippen LogP contribution in [0.1, 0.15) is 123 Å². The summed E-state index contributed by atoms with van der Waals surface area (Å²) < 4.78 is 5.01. The first kappa shape index (κ1) is 23.6. The molecule has 0 aliphatic rings. The predicted octanol–water partition coefficient (Wildman–Crippen LogP) is 7.53. The number of unbranched alkanes of at least 4 members (excludes halogenated alkanes) is 14. The number of carbonyl (C=O) groups excluding carboxylic acids is 1. The fraction of sp³-hybridized carbons (Fsp3) is 0.905. The van der Waals surface area contributed by atoms with Gasteiger partial charge in [-0.3, -0.25) is 4.79 Å². The van der Waals surface area contributed by atoms with E-state index in [0.717, 1.165) is 12.8 Å². The third-order valence-corrected chi connectivity index (χ3v) is 4.87. The van der Waals surface area contributed by atoms with Gasteiger partial charge in [-0.1, -0.05) is 104 Å². The second-order valence-electron chi connectivity index (χ2n) is 6.90. The third kappa shape index (κ3) is 17.9. The smallest absolute Gasteiger partial charge is 0.311 e. The van der Waals surface area contributed by atoms with E-state index < -0.39 is 0 Å². The zero-order valence-corrected chi connectivity index (χ0v) is 17.1. The Morgan fingerprint density at radius 3 is 1.42 bits per heavy atom. The molecule has 0 aromatic rings. The van der Waals surface area contributed by atoms with E-state index in [1.54, 1.807) is 0 Å². The lowest BCUT2D eigenvalue weighted by Gasteiger charge is -2.04. The lowest BCUT2D eigenvalue weighted by molar-refractivity contribution is -0.135. The lowest BCUT2D eigenvalue weighted by atomic mass is 10.0. The largest absolute Gasteiger partial charge is 0.419 e. The maximum absolute atomic E-state index is 11.4. The van der Waals surface area contributed by atoms with Gasteiger partial charge in [-0.05, 0) is 18.6 Å². The number of hydrogen-bond acceptors (Lipinski definition) is 3. The van der Waals surface area contributed by atoms with Gasteiger partial charge in [0.15, 0.2) is 5.05 Å². The van der Waals surface area contributed by atoms with Gasteiger partial charge in [0.25, 0.3) is 0 Å². The van der Waals surface area contributed by atoms with E-state index in [1.165, 1.54) is 83.5 Å². The first-order valence-corrected chi connectivity index (χ1v) is 10.8. The zero-order chi connectivity index (χ0) is 17.9. The van der Waals surface area contributed by atoms with Crippen LogP contribution in [-0.4, -0.2) is 11.0 Å². The van der Waals surface area contributed by atoms with Gasteiger partial charge < -0.3 is 4.74 Å². The van der Waals surface area contributed by atoms with Crippen molar-refractivity contribution in [2.24, 2.45) is 0 Å². The van der Waals surface area contributed by atoms with Crippen molar-refractivity contribution in [1.82, 2.24) is 0 Å². The molecule has 0 atom stereocenters. The minimum atomic E-state index is -0.156. The minimum absolute atomic E-state index is 0.156. The molecule has 2 nitrogen and oxygen atoms in total. The summed E-state index contributed by atoms with van der Waals surface area (Å²) in [6.45, 7) is 4.18. The van der Waals surface area contributed by atoms with E-state index in [0.29, 0.717) is 17.9 Å². The van der Waals surface area contributed by atoms with Crippen LogP contribution >= 0.6 is 12.2 Å². The average molecular weight is 357 g/mol. The van der Waals surface area contributed by atoms with Crippen molar-refractivity contribution >= 4 is 23.2 Å². The Hall–Kier alpha value is -0.440. The van der Waals surface area contributed by atoms with Crippen molar-refractivity contribution < 1.29 is 9.53 Å². The molecule has 0 bridgehead atoms. The van der Waals surface area contributed by atoms with Crippen molar-refractivity contribution in [1.29, 1.82) is 0 Å². The zero-order valence-electron chi connectivity index (χ0n) is 16.2. The maximum atomic E-state index is 11.4. The first-order valence-electron chi connectivity index (χ1n) is 10.4. The number of ether oxygens (including phenoxy) is 1. The topological polar surface area (TPSA) is 26.3 Å². The number of esters is 1. The fourth-order valence-electron chi connectivity index (χ4n) is 2.89. The molecule has 0 spiro atoms. The van der Waals surface area contributed by atoms with Gasteiger partial charge in [0.05, 0.1) is 0 Å². The van der Waals surface area contributed by atoms with Crippen LogP contribution < -0.4 is 0 Å². The van der Waals surface area contributed by atoms with Crippen LogP contribution in [-0.2, 0) is 9.53 Å². The summed E-state index contributed by atoms with van der Waals surface area (Å²) in [6, 6.07) is 0. The van der Waals surface area contributed by atoms with E-state index in [2.05, 4.69) is 6.92 Å². The first-order chi connectivity index (χ1) is 11.7. The number of carbonyl (C=O) groups is 1. The normalized spacial score (nSPS) is 10.8. The number of rotatable bonds is 17. The summed E-state index contributed by atoms with van der Waals surface area (Å²) in [7, 11) is 0. The summed E-state index contributed by atoms with van der Waals surface area (Å²) >= 11 is 4.90. The summed E-state index contributed by atoms with van der Waals surface area (Å²) in [5, 5.41) is 0.418. The van der Waals surface area contributed by atoms with Crippen molar-refractivity contribution in [3.05, 3.63) is 0 Å². The number of thiocarbonyl (C=S) groups is 1. The van der Waals surface area contributed by atoms with Crippen molar-refractivity contribution in [2.45, 2.75) is 123 Å². The Balaban J connectivity index is 3.12. The summed E-state index contributed by atoms with van der Waals surface area (Å²) in [5.74, 6) is -0.156. The van der Waals surface area contributed by atoms with Gasteiger partial charge >= 0.3 is 5.97 Å². The third-order valence-electron chi connectivity index (χ3n) is 4.50. The molecular weight excluding hydrogens is 316 g/mol. The highest BCUT2D eigenvalue weighted by Gasteiger charge is 2.04. The summed E-state index contributed by atoms with van der Waals surface area (Å²) in [5.41, 5.74) is 0. The van der Waals surface area contributed by atoms with Crippen LogP contribution in [0.2, 0.25) is 0 Å². The van der Waals surface area contributed by atoms with Gasteiger partial charge in [-0.25, -0.2) is 0 Å². The molecule has 0 aliphatic carbocycles. The lowest BCUT2D eigenvalue weighted by Crippen LogP contribution is -2.09. The molecule has 0 amide bonds. The molecule has 0 rings (SSSR count). The molecular formula is C21H40O2S. The second kappa shape index (κ2) is 18.9. The molecule has 142 valence electrons. The van der Waals surface area contributed by atoms with E-state index in [4.69, 9.17) is 17.0 Å². The summed E-state index contributed by atoms with van der Waals surface area (Å²) in [6.07, 6.45) is 21.2. The van der Waals surface area contributed by atoms with Crippen LogP contribution in [0.4, 0.5) is 0 Å². The average Bonchev–Trinajstić information content (AvgIpc) is 2.58. The minimum Gasteiger partial charge on any atom is -0.419 e. The standard InChI is InChI=1S/C21H40O2S/c1-3-5-6-7-8-9-10-11-12-13-14-15-16-17-18-19-20(22)23-21(24)4-2/h3-19H2,1-2H3. The van der Waals surface area contributed by atoms with Crippen LogP contribution in [0, 0.1) is 0 Å². The van der Waals surface area contributed by atoms with Crippen LogP contribution in [0.15, 0.2) is 0 Å². The molecule has 0 aromatic carbocycles. The monoisotopic (exact) mass is 356 g/mol. The maximum Gasteiger partial charge on any atom is 0.311 e. The predicted molar refractivity (Wildman–Crippen MR) is 109 cm³/mol. The van der Waals surface area contributed by atoms with Crippen molar-refractivity contribution in [3.63, 3.8) is 0 Å². The highest BCUT2D eigenvalue weighted by atomic mass is 32.1. The van der Waals surface area contributed by atoms with Crippen LogP contribution in [0.25, 0.3) is 0 Å². The van der Waals surface area contributed by atoms with Gasteiger partial charge in [0, 0.05) is 12.8 Å². The quantitative estimate of drug-likeness (QED) is 0.153. The SMILES string of the molecule is CCCCCCCCCCCCCCCCCC(=O)OC(=S)CC. The molecule has 0 unspecified atom stereocenters. The molecule has 0 aliphatic heterocycles. The molecule has 0 fully saturated rings. The Labute approximate surface area is 156 Å². The molecule has 0 radical (unpaired) electrons. The molecule has 3 heteroatoms. The Morgan fingerprint density at radius 2 is 1.04 bits per heavy atom. The van der Waals surface area contributed by atoms with Crippen LogP contribution in [0.5, 0.6) is 0 Å². The van der Waals surface area contributed by atoms with E-state index in [9.17, 15) is 4.79 Å². The van der Waals surface area contributed by atoms with Crippen molar-refractivity contribution in [2.75, 3.05) is 0 Å². The molecule has 0 saturated carbocycles. The van der Waals surface area contributed by atoms with E-state index >= 15 is 0 Å². The van der Waals surface area contributed by atoms with Gasteiger partial charge in [0.2, 0.25) is 0 Å². The molecule has 0 heterocycles. The Kier molecular flexibility index (Phi) is 18.5. The van der Waals surface area contributed by atoms with Crippen LogP contribution in [0.3, 0.4) is 0 Å². The van der Waals surface area contributed by atoms with E-state index in [1.807, 2.05) is 6.92 Å². The Bertz CT molecular complexity index is 302. The molecule has 0 N–H and O–H groups in total. The van der Waals surface area contributed by atoms with Gasteiger partial charge in [-0.15, -0.1) is 0 Å². The fourth-order valence-corrected chi connectivity index (χ4v) is 2.98. The van der Waals surface area contributed by atoms with Crippen molar-refractivity contribution in [3.8, 4) is 0 Å². The highest BCUT2D eigenvalue weighted by molar-refractivity contribution is 7.80.